The van der Waals surface area contributed by atoms with E-state index in [2.05, 4.69) is 46.1 Å². The lowest BCUT2D eigenvalue weighted by molar-refractivity contribution is 0.795. The monoisotopic (exact) mass is 363 g/mol. The Morgan fingerprint density at radius 1 is 1.27 bits per heavy atom. The SMILES string of the molecule is CN(C)c1nccc(NC2CCN(c3ncc(Br)cn3)C2)n1. The molecule has 116 valence electrons. The van der Waals surface area contributed by atoms with Crippen LogP contribution in [-0.2, 0) is 0 Å². The zero-order valence-electron chi connectivity index (χ0n) is 12.6. The van der Waals surface area contributed by atoms with Crippen LogP contribution in [0.3, 0.4) is 0 Å². The van der Waals surface area contributed by atoms with E-state index in [4.69, 9.17) is 0 Å². The second-order valence-corrected chi connectivity index (χ2v) is 6.33. The quantitative estimate of drug-likeness (QED) is 0.887. The van der Waals surface area contributed by atoms with E-state index in [0.29, 0.717) is 12.0 Å². The van der Waals surface area contributed by atoms with Crippen LogP contribution >= 0.6 is 15.9 Å². The van der Waals surface area contributed by atoms with Crippen molar-refractivity contribution in [3.05, 3.63) is 29.1 Å². The maximum Gasteiger partial charge on any atom is 0.226 e. The molecule has 8 heteroatoms. The van der Waals surface area contributed by atoms with Crippen molar-refractivity contribution in [2.45, 2.75) is 12.5 Å². The highest BCUT2D eigenvalue weighted by molar-refractivity contribution is 9.10. The van der Waals surface area contributed by atoms with Crippen LogP contribution in [0.5, 0.6) is 0 Å². The number of anilines is 3. The molecule has 7 nitrogen and oxygen atoms in total. The average Bonchev–Trinajstić information content (AvgIpc) is 2.96. The molecule has 0 amide bonds. The van der Waals surface area contributed by atoms with Crippen molar-refractivity contribution < 1.29 is 0 Å². The van der Waals surface area contributed by atoms with Gasteiger partial charge in [-0.05, 0) is 28.4 Å². The lowest BCUT2D eigenvalue weighted by Crippen LogP contribution is -2.27. The molecule has 0 aromatic carbocycles. The summed E-state index contributed by atoms with van der Waals surface area (Å²) in [7, 11) is 3.86. The summed E-state index contributed by atoms with van der Waals surface area (Å²) in [5, 5.41) is 3.46. The van der Waals surface area contributed by atoms with Crippen molar-refractivity contribution in [2.75, 3.05) is 42.3 Å². The van der Waals surface area contributed by atoms with Crippen LogP contribution in [0.15, 0.2) is 29.1 Å². The highest BCUT2D eigenvalue weighted by atomic mass is 79.9. The summed E-state index contributed by atoms with van der Waals surface area (Å²) in [6.45, 7) is 1.80. The molecule has 1 fully saturated rings. The third-order valence-corrected chi connectivity index (χ3v) is 3.88. The number of aromatic nitrogens is 4. The van der Waals surface area contributed by atoms with Crippen LogP contribution in [0.25, 0.3) is 0 Å². The van der Waals surface area contributed by atoms with E-state index in [1.165, 1.54) is 0 Å². The summed E-state index contributed by atoms with van der Waals surface area (Å²) in [5.41, 5.74) is 0. The summed E-state index contributed by atoms with van der Waals surface area (Å²) in [6.07, 6.45) is 6.35. The van der Waals surface area contributed by atoms with Crippen LogP contribution in [0.4, 0.5) is 17.7 Å². The van der Waals surface area contributed by atoms with Crippen LogP contribution in [-0.4, -0.2) is 53.2 Å². The maximum atomic E-state index is 4.49. The van der Waals surface area contributed by atoms with Gasteiger partial charge in [0, 0.05) is 51.8 Å². The molecule has 1 N–H and O–H groups in total. The van der Waals surface area contributed by atoms with Gasteiger partial charge in [-0.1, -0.05) is 0 Å². The van der Waals surface area contributed by atoms with Gasteiger partial charge in [0.15, 0.2) is 0 Å². The third-order valence-electron chi connectivity index (χ3n) is 3.47. The second-order valence-electron chi connectivity index (χ2n) is 5.41. The Labute approximate surface area is 137 Å². The van der Waals surface area contributed by atoms with Crippen LogP contribution in [0, 0.1) is 0 Å². The van der Waals surface area contributed by atoms with E-state index < -0.39 is 0 Å². The standard InChI is InChI=1S/C14H18BrN7/c1-21(2)14-16-5-3-12(20-14)19-11-4-6-22(9-11)13-17-7-10(15)8-18-13/h3,5,7-8,11H,4,6,9H2,1-2H3,(H,16,19,20). The number of hydrogen-bond acceptors (Lipinski definition) is 7. The topological polar surface area (TPSA) is 70.1 Å². The number of nitrogens with zero attached hydrogens (tertiary/aromatic N) is 6. The molecule has 1 atom stereocenters. The first-order valence-corrected chi connectivity index (χ1v) is 7.90. The minimum Gasteiger partial charge on any atom is -0.365 e. The van der Waals surface area contributed by atoms with Gasteiger partial charge in [-0.15, -0.1) is 0 Å². The first kappa shape index (κ1) is 15.0. The second kappa shape index (κ2) is 6.43. The maximum absolute atomic E-state index is 4.49. The minimum atomic E-state index is 0.331. The zero-order chi connectivity index (χ0) is 15.5. The van der Waals surface area contributed by atoms with Gasteiger partial charge in [0.25, 0.3) is 0 Å². The highest BCUT2D eigenvalue weighted by Crippen LogP contribution is 2.20. The van der Waals surface area contributed by atoms with Gasteiger partial charge in [-0.3, -0.25) is 0 Å². The predicted molar refractivity (Wildman–Crippen MR) is 90.3 cm³/mol. The first-order chi connectivity index (χ1) is 10.6. The fraction of sp³-hybridized carbons (Fsp3) is 0.429. The van der Waals surface area contributed by atoms with Gasteiger partial charge in [-0.25, -0.2) is 15.0 Å². The molecule has 2 aromatic rings. The van der Waals surface area contributed by atoms with Crippen LogP contribution < -0.4 is 15.1 Å². The minimum absolute atomic E-state index is 0.331. The molecule has 1 aliphatic rings. The molecular formula is C14H18BrN7. The molecule has 3 heterocycles. The number of nitrogens with one attached hydrogen (secondary N) is 1. The Morgan fingerprint density at radius 2 is 2.05 bits per heavy atom. The van der Waals surface area contributed by atoms with Crippen molar-refractivity contribution in [1.82, 2.24) is 19.9 Å². The van der Waals surface area contributed by atoms with Crippen molar-refractivity contribution in [2.24, 2.45) is 0 Å². The Balaban J connectivity index is 1.63. The number of hydrogen-bond donors (Lipinski definition) is 1. The van der Waals surface area contributed by atoms with Crippen LogP contribution in [0.2, 0.25) is 0 Å². The van der Waals surface area contributed by atoms with Crippen molar-refractivity contribution in [1.29, 1.82) is 0 Å². The Morgan fingerprint density at radius 3 is 2.77 bits per heavy atom. The number of halogens is 1. The molecule has 3 rings (SSSR count). The molecule has 22 heavy (non-hydrogen) atoms. The number of rotatable bonds is 4. The molecular weight excluding hydrogens is 346 g/mol. The van der Waals surface area contributed by atoms with Gasteiger partial charge in [0.05, 0.1) is 4.47 Å². The van der Waals surface area contributed by atoms with Crippen molar-refractivity contribution in [3.63, 3.8) is 0 Å². The van der Waals surface area contributed by atoms with Crippen molar-refractivity contribution in [3.8, 4) is 0 Å². The fourth-order valence-corrected chi connectivity index (χ4v) is 2.59. The average molecular weight is 364 g/mol. The van der Waals surface area contributed by atoms with Gasteiger partial charge < -0.3 is 15.1 Å². The predicted octanol–water partition coefficient (Wildman–Crippen LogP) is 1.79. The molecule has 0 saturated carbocycles. The largest absolute Gasteiger partial charge is 0.365 e. The Hall–Kier alpha value is -1.96. The lowest BCUT2D eigenvalue weighted by atomic mass is 10.2. The van der Waals surface area contributed by atoms with E-state index in [0.717, 1.165) is 35.7 Å². The third kappa shape index (κ3) is 3.44. The van der Waals surface area contributed by atoms with Gasteiger partial charge in [0.1, 0.15) is 5.82 Å². The highest BCUT2D eigenvalue weighted by Gasteiger charge is 2.24. The molecule has 0 spiro atoms. The summed E-state index contributed by atoms with van der Waals surface area (Å²) < 4.78 is 0.891. The molecule has 1 aliphatic heterocycles. The molecule has 0 bridgehead atoms. The van der Waals surface area contributed by atoms with Crippen LogP contribution in [0.1, 0.15) is 6.42 Å². The normalized spacial score (nSPS) is 17.6. The van der Waals surface area contributed by atoms with E-state index in [1.807, 2.05) is 25.1 Å². The molecule has 1 unspecified atom stereocenters. The van der Waals surface area contributed by atoms with E-state index in [-0.39, 0.29) is 0 Å². The van der Waals surface area contributed by atoms with E-state index in [1.54, 1.807) is 18.6 Å². The van der Waals surface area contributed by atoms with Crippen molar-refractivity contribution >= 4 is 33.6 Å². The summed E-state index contributed by atoms with van der Waals surface area (Å²) >= 11 is 3.35. The summed E-state index contributed by atoms with van der Waals surface area (Å²) in [5.74, 6) is 2.32. The summed E-state index contributed by atoms with van der Waals surface area (Å²) in [4.78, 5) is 21.5. The van der Waals surface area contributed by atoms with E-state index in [9.17, 15) is 0 Å². The van der Waals surface area contributed by atoms with E-state index >= 15 is 0 Å². The molecule has 1 saturated heterocycles. The molecule has 0 radical (unpaired) electrons. The molecule has 0 aliphatic carbocycles. The van der Waals surface area contributed by atoms with Gasteiger partial charge in [-0.2, -0.15) is 4.98 Å². The first-order valence-electron chi connectivity index (χ1n) is 7.11. The molecule has 2 aromatic heterocycles. The lowest BCUT2D eigenvalue weighted by Gasteiger charge is -2.17. The smallest absolute Gasteiger partial charge is 0.226 e. The van der Waals surface area contributed by atoms with Gasteiger partial charge >= 0.3 is 0 Å². The Bertz CT molecular complexity index is 631. The Kier molecular flexibility index (Phi) is 4.37. The zero-order valence-corrected chi connectivity index (χ0v) is 14.2. The van der Waals surface area contributed by atoms with Gasteiger partial charge in [0.2, 0.25) is 11.9 Å². The fourth-order valence-electron chi connectivity index (χ4n) is 2.38. The summed E-state index contributed by atoms with van der Waals surface area (Å²) in [6, 6.07) is 2.23.